The van der Waals surface area contributed by atoms with Crippen LogP contribution in [0.3, 0.4) is 0 Å². The van der Waals surface area contributed by atoms with Crippen molar-refractivity contribution in [3.05, 3.63) is 59.7 Å². The van der Waals surface area contributed by atoms with E-state index in [0.29, 0.717) is 0 Å². The third-order valence-corrected chi connectivity index (χ3v) is 6.12. The molecule has 2 aromatic carbocycles. The number of unbranched alkanes of at least 4 members (excludes halogenated alkanes) is 4. The molecule has 4 heteroatoms. The van der Waals surface area contributed by atoms with E-state index in [1.54, 1.807) is 0 Å². The molecular formula is C30H46N4. The van der Waals surface area contributed by atoms with Gasteiger partial charge in [0.15, 0.2) is 0 Å². The molecule has 0 fully saturated rings. The number of hydrogen-bond acceptors (Lipinski definition) is 4. The summed E-state index contributed by atoms with van der Waals surface area (Å²) in [5, 5.41) is 8.54. The maximum Gasteiger partial charge on any atom is 0.0568 e. The number of benzene rings is 2. The molecule has 0 N–H and O–H groups in total. The monoisotopic (exact) mass is 462 g/mol. The summed E-state index contributed by atoms with van der Waals surface area (Å²) < 4.78 is 0. The van der Waals surface area contributed by atoms with E-state index in [0.717, 1.165) is 37.3 Å². The van der Waals surface area contributed by atoms with E-state index >= 15 is 0 Å². The second kappa shape index (κ2) is 16.9. The van der Waals surface area contributed by atoms with Gasteiger partial charge in [0.25, 0.3) is 0 Å². The van der Waals surface area contributed by atoms with Crippen molar-refractivity contribution in [1.29, 1.82) is 0 Å². The predicted octanol–water partition coefficient (Wildman–Crippen LogP) is 7.95. The minimum absolute atomic E-state index is 1.07. The lowest BCUT2D eigenvalue weighted by atomic mass is 10.2. The lowest BCUT2D eigenvalue weighted by Crippen LogP contribution is -2.25. The lowest BCUT2D eigenvalue weighted by molar-refractivity contribution is 0.678. The van der Waals surface area contributed by atoms with Crippen molar-refractivity contribution in [1.82, 2.24) is 0 Å². The molecule has 0 amide bonds. The first kappa shape index (κ1) is 27.6. The molecule has 2 rings (SSSR count). The molecule has 0 unspecified atom stereocenters. The van der Waals surface area contributed by atoms with Gasteiger partial charge >= 0.3 is 0 Å². The first-order valence-corrected chi connectivity index (χ1v) is 13.5. The molecule has 0 aliphatic rings. The fourth-order valence-corrected chi connectivity index (χ4v) is 3.88. The molecule has 0 aromatic heterocycles. The van der Waals surface area contributed by atoms with Crippen LogP contribution in [0.5, 0.6) is 0 Å². The van der Waals surface area contributed by atoms with E-state index in [-0.39, 0.29) is 0 Å². The third-order valence-electron chi connectivity index (χ3n) is 6.12. The number of hydrogen-bond donors (Lipinski definition) is 0. The largest absolute Gasteiger partial charge is 0.372 e. The molecule has 0 aliphatic carbocycles. The summed E-state index contributed by atoms with van der Waals surface area (Å²) in [5.41, 5.74) is 4.75. The number of rotatable bonds is 17. The third kappa shape index (κ3) is 10.1. The highest BCUT2D eigenvalue weighted by Gasteiger charge is 2.06. The van der Waals surface area contributed by atoms with E-state index in [1.165, 1.54) is 62.7 Å². The summed E-state index contributed by atoms with van der Waals surface area (Å²) in [7, 11) is 0. The Kier molecular flexibility index (Phi) is 13.7. The molecule has 186 valence electrons. The average Bonchev–Trinajstić information content (AvgIpc) is 2.88. The Morgan fingerprint density at radius 3 is 1.06 bits per heavy atom. The van der Waals surface area contributed by atoms with Gasteiger partial charge < -0.3 is 9.80 Å². The minimum atomic E-state index is 1.07. The Morgan fingerprint density at radius 1 is 0.500 bits per heavy atom. The molecule has 0 aliphatic heterocycles. The van der Waals surface area contributed by atoms with Gasteiger partial charge in [-0.05, 0) is 61.1 Å². The summed E-state index contributed by atoms with van der Waals surface area (Å²) in [6.07, 6.45) is 13.5. The van der Waals surface area contributed by atoms with Gasteiger partial charge in [-0.1, -0.05) is 77.6 Å². The highest BCUT2D eigenvalue weighted by molar-refractivity contribution is 5.83. The number of anilines is 2. The van der Waals surface area contributed by atoms with E-state index in [1.807, 2.05) is 12.4 Å². The van der Waals surface area contributed by atoms with Crippen LogP contribution in [0, 0.1) is 0 Å². The molecule has 0 atom stereocenters. The van der Waals surface area contributed by atoms with E-state index in [9.17, 15) is 0 Å². The normalized spacial score (nSPS) is 11.5. The van der Waals surface area contributed by atoms with Crippen molar-refractivity contribution >= 4 is 23.8 Å². The van der Waals surface area contributed by atoms with Crippen molar-refractivity contribution in [2.24, 2.45) is 10.2 Å². The SMILES string of the molecule is CCCCN(CCCC)c1ccc(/C=N/N=C/c2ccc(N(CCCC)CCCC)cc2)cc1. The first-order valence-electron chi connectivity index (χ1n) is 13.5. The zero-order chi connectivity index (χ0) is 24.4. The molecule has 0 saturated heterocycles. The zero-order valence-electron chi connectivity index (χ0n) is 22.0. The molecule has 0 spiro atoms. The van der Waals surface area contributed by atoms with E-state index < -0.39 is 0 Å². The van der Waals surface area contributed by atoms with Gasteiger partial charge in [0.2, 0.25) is 0 Å². The molecule has 0 saturated carbocycles. The van der Waals surface area contributed by atoms with Crippen LogP contribution in [0.2, 0.25) is 0 Å². The summed E-state index contributed by atoms with van der Waals surface area (Å²) in [6, 6.07) is 17.4. The zero-order valence-corrected chi connectivity index (χ0v) is 22.0. The average molecular weight is 463 g/mol. The van der Waals surface area contributed by atoms with Crippen LogP contribution in [-0.2, 0) is 0 Å². The second-order valence-corrected chi connectivity index (χ2v) is 9.06. The maximum atomic E-state index is 4.27. The standard InChI is InChI=1S/C30H46N4/c1-5-9-21-33(22-10-6-2)29-17-13-27(14-18-29)25-31-32-26-28-15-19-30(20-16-28)34(23-11-7-3)24-12-8-4/h13-20,25-26H,5-12,21-24H2,1-4H3/b31-25+,32-26+. The van der Waals surface area contributed by atoms with Gasteiger partial charge in [-0.25, -0.2) is 0 Å². The second-order valence-electron chi connectivity index (χ2n) is 9.06. The van der Waals surface area contributed by atoms with Crippen molar-refractivity contribution in [3.63, 3.8) is 0 Å². The molecule has 34 heavy (non-hydrogen) atoms. The molecular weight excluding hydrogens is 416 g/mol. The Balaban J connectivity index is 1.93. The van der Waals surface area contributed by atoms with Crippen molar-refractivity contribution in [3.8, 4) is 0 Å². The molecule has 0 radical (unpaired) electrons. The highest BCUT2D eigenvalue weighted by atomic mass is 15.2. The minimum Gasteiger partial charge on any atom is -0.372 e. The van der Waals surface area contributed by atoms with Crippen LogP contribution in [0.25, 0.3) is 0 Å². The quantitative estimate of drug-likeness (QED) is 0.176. The van der Waals surface area contributed by atoms with Crippen molar-refractivity contribution < 1.29 is 0 Å². The van der Waals surface area contributed by atoms with Gasteiger partial charge in [0.05, 0.1) is 12.4 Å². The maximum absolute atomic E-state index is 4.27. The summed E-state index contributed by atoms with van der Waals surface area (Å²) in [6.45, 7) is 13.5. The fourth-order valence-electron chi connectivity index (χ4n) is 3.88. The van der Waals surface area contributed by atoms with Gasteiger partial charge in [0.1, 0.15) is 0 Å². The van der Waals surface area contributed by atoms with Crippen LogP contribution in [0.15, 0.2) is 58.7 Å². The van der Waals surface area contributed by atoms with Crippen molar-refractivity contribution in [2.75, 3.05) is 36.0 Å². The summed E-state index contributed by atoms with van der Waals surface area (Å²) in [4.78, 5) is 5.00. The fraction of sp³-hybridized carbons (Fsp3) is 0.533. The molecule has 0 heterocycles. The molecule has 4 nitrogen and oxygen atoms in total. The van der Waals surface area contributed by atoms with Gasteiger partial charge in [-0.15, -0.1) is 0 Å². The van der Waals surface area contributed by atoms with Crippen LogP contribution in [-0.4, -0.2) is 38.6 Å². The predicted molar refractivity (Wildman–Crippen MR) is 152 cm³/mol. The smallest absolute Gasteiger partial charge is 0.0568 e. The molecule has 0 bridgehead atoms. The molecule has 2 aromatic rings. The highest BCUT2D eigenvalue weighted by Crippen LogP contribution is 2.18. The Hall–Kier alpha value is -2.62. The van der Waals surface area contributed by atoms with Crippen LogP contribution in [0.1, 0.15) is 90.2 Å². The Morgan fingerprint density at radius 2 is 0.794 bits per heavy atom. The lowest BCUT2D eigenvalue weighted by Gasteiger charge is -2.24. The summed E-state index contributed by atoms with van der Waals surface area (Å²) in [5.74, 6) is 0. The van der Waals surface area contributed by atoms with Crippen LogP contribution < -0.4 is 9.80 Å². The van der Waals surface area contributed by atoms with Gasteiger partial charge in [-0.3, -0.25) is 0 Å². The van der Waals surface area contributed by atoms with Crippen molar-refractivity contribution in [2.45, 2.75) is 79.1 Å². The van der Waals surface area contributed by atoms with E-state index in [4.69, 9.17) is 0 Å². The first-order chi connectivity index (χ1) is 16.7. The van der Waals surface area contributed by atoms with Gasteiger partial charge in [-0.2, -0.15) is 10.2 Å². The summed E-state index contributed by atoms with van der Waals surface area (Å²) >= 11 is 0. The topological polar surface area (TPSA) is 31.2 Å². The Labute approximate surface area is 208 Å². The number of nitrogens with zero attached hydrogens (tertiary/aromatic N) is 4. The van der Waals surface area contributed by atoms with Crippen LogP contribution >= 0.6 is 0 Å². The van der Waals surface area contributed by atoms with E-state index in [2.05, 4.69) is 96.2 Å². The van der Waals surface area contributed by atoms with Crippen LogP contribution in [0.4, 0.5) is 11.4 Å². The Bertz CT molecular complexity index is 736. The van der Waals surface area contributed by atoms with Gasteiger partial charge in [0, 0.05) is 37.6 Å².